The first-order valence-corrected chi connectivity index (χ1v) is 11.4. The number of hydrogen-bond acceptors (Lipinski definition) is 2. The van der Waals surface area contributed by atoms with Gasteiger partial charge in [0, 0.05) is 11.1 Å². The number of imidazole rings is 2. The second kappa shape index (κ2) is 6.42. The molecule has 34 heavy (non-hydrogen) atoms. The van der Waals surface area contributed by atoms with Crippen LogP contribution < -0.4 is 0 Å². The van der Waals surface area contributed by atoms with Gasteiger partial charge in [-0.3, -0.25) is 0 Å². The van der Waals surface area contributed by atoms with Crippen LogP contribution in [0.4, 0.5) is 0 Å². The van der Waals surface area contributed by atoms with Crippen molar-refractivity contribution in [3.05, 3.63) is 97.1 Å². The molecule has 8 rings (SSSR count). The van der Waals surface area contributed by atoms with Crippen LogP contribution in [-0.4, -0.2) is 19.9 Å². The van der Waals surface area contributed by atoms with Crippen molar-refractivity contribution >= 4 is 54.4 Å². The lowest BCUT2D eigenvalue weighted by Gasteiger charge is -2.16. The molecule has 0 atom stereocenters. The van der Waals surface area contributed by atoms with Crippen LogP contribution >= 0.6 is 0 Å². The Balaban J connectivity index is 1.56. The number of aromatic nitrogens is 4. The second-order valence-electron chi connectivity index (χ2n) is 8.86. The summed E-state index contributed by atoms with van der Waals surface area (Å²) in [6, 6.07) is 34.0. The summed E-state index contributed by atoms with van der Waals surface area (Å²) in [6.07, 6.45) is 0. The van der Waals surface area contributed by atoms with E-state index in [0.717, 1.165) is 44.8 Å². The van der Waals surface area contributed by atoms with Crippen molar-refractivity contribution in [1.82, 2.24) is 19.9 Å². The summed E-state index contributed by atoms with van der Waals surface area (Å²) in [5.41, 5.74) is 6.08. The normalized spacial score (nSPS) is 12.1. The van der Waals surface area contributed by atoms with Crippen molar-refractivity contribution in [2.24, 2.45) is 0 Å². The number of rotatable bonds is 2. The summed E-state index contributed by atoms with van der Waals surface area (Å²) in [7, 11) is 0. The topological polar surface area (TPSA) is 57.4 Å². The average Bonchev–Trinajstić information content (AvgIpc) is 3.51. The fourth-order valence-electron chi connectivity index (χ4n) is 5.40. The molecule has 6 aromatic carbocycles. The Kier molecular flexibility index (Phi) is 3.36. The maximum absolute atomic E-state index is 5.01. The minimum Gasteiger partial charge on any atom is -0.338 e. The summed E-state index contributed by atoms with van der Waals surface area (Å²) >= 11 is 0. The quantitative estimate of drug-likeness (QED) is 0.274. The highest BCUT2D eigenvalue weighted by Crippen LogP contribution is 2.43. The lowest BCUT2D eigenvalue weighted by molar-refractivity contribution is 1.31. The largest absolute Gasteiger partial charge is 0.338 e. The second-order valence-corrected chi connectivity index (χ2v) is 8.86. The van der Waals surface area contributed by atoms with Crippen LogP contribution in [0.2, 0.25) is 0 Å². The van der Waals surface area contributed by atoms with Crippen molar-refractivity contribution in [2.75, 3.05) is 0 Å². The molecule has 4 heteroatoms. The summed E-state index contributed by atoms with van der Waals surface area (Å²) < 4.78 is 0. The van der Waals surface area contributed by atoms with Gasteiger partial charge in [-0.15, -0.1) is 0 Å². The molecule has 0 saturated carbocycles. The summed E-state index contributed by atoms with van der Waals surface area (Å²) in [6.45, 7) is 0. The standard InChI is InChI=1S/C30H18N4/c1-2-9-23-22(8-1)31-29(32-23)21-16-19-13-12-17-6-5-7-18-14-15-20(27(19)26(17)18)28(21)30-33-24-10-3-4-11-25(24)34-30/h1-16H,(H,31,32)(H,33,34). The van der Waals surface area contributed by atoms with Gasteiger partial charge in [-0.25, -0.2) is 9.97 Å². The van der Waals surface area contributed by atoms with Crippen LogP contribution in [0, 0.1) is 0 Å². The molecule has 0 amide bonds. The van der Waals surface area contributed by atoms with E-state index in [2.05, 4.69) is 70.6 Å². The zero-order valence-electron chi connectivity index (χ0n) is 18.1. The molecule has 0 aliphatic carbocycles. The Morgan fingerprint density at radius 3 is 1.85 bits per heavy atom. The van der Waals surface area contributed by atoms with E-state index in [1.165, 1.54) is 32.3 Å². The molecule has 0 unspecified atom stereocenters. The van der Waals surface area contributed by atoms with Crippen LogP contribution in [0.1, 0.15) is 0 Å². The molecule has 0 saturated heterocycles. The van der Waals surface area contributed by atoms with Crippen LogP contribution in [0.25, 0.3) is 77.2 Å². The van der Waals surface area contributed by atoms with Gasteiger partial charge in [-0.2, -0.15) is 0 Å². The highest BCUT2D eigenvalue weighted by atomic mass is 14.9. The third kappa shape index (κ3) is 2.37. The first kappa shape index (κ1) is 17.8. The Hall–Kier alpha value is -4.70. The maximum Gasteiger partial charge on any atom is 0.139 e. The maximum atomic E-state index is 5.01. The van der Waals surface area contributed by atoms with E-state index in [1.54, 1.807) is 0 Å². The number of hydrogen-bond donors (Lipinski definition) is 2. The number of para-hydroxylation sites is 4. The summed E-state index contributed by atoms with van der Waals surface area (Å²) in [4.78, 5) is 17.1. The highest BCUT2D eigenvalue weighted by molar-refractivity contribution is 6.27. The van der Waals surface area contributed by atoms with Crippen LogP contribution in [-0.2, 0) is 0 Å². The number of benzene rings is 6. The van der Waals surface area contributed by atoms with Gasteiger partial charge >= 0.3 is 0 Å². The van der Waals surface area contributed by atoms with Crippen molar-refractivity contribution in [3.8, 4) is 22.8 Å². The molecule has 0 spiro atoms. The van der Waals surface area contributed by atoms with Crippen LogP contribution in [0.15, 0.2) is 97.1 Å². The van der Waals surface area contributed by atoms with E-state index in [-0.39, 0.29) is 0 Å². The summed E-state index contributed by atoms with van der Waals surface area (Å²) in [5.74, 6) is 1.71. The Labute approximate surface area is 194 Å². The third-order valence-electron chi connectivity index (χ3n) is 6.92. The lowest BCUT2D eigenvalue weighted by Crippen LogP contribution is -1.94. The van der Waals surface area contributed by atoms with Gasteiger partial charge in [-0.05, 0) is 62.6 Å². The first-order valence-electron chi connectivity index (χ1n) is 11.4. The predicted molar refractivity (Wildman–Crippen MR) is 140 cm³/mol. The molecule has 2 N–H and O–H groups in total. The van der Waals surface area contributed by atoms with Gasteiger partial charge < -0.3 is 9.97 Å². The fraction of sp³-hybridized carbons (Fsp3) is 0. The number of fused-ring (bicyclic) bond motifs is 2. The lowest BCUT2D eigenvalue weighted by atomic mass is 9.89. The van der Waals surface area contributed by atoms with Crippen molar-refractivity contribution < 1.29 is 0 Å². The minimum atomic E-state index is 0.849. The Morgan fingerprint density at radius 2 is 1.12 bits per heavy atom. The Morgan fingerprint density at radius 1 is 0.500 bits per heavy atom. The molecule has 158 valence electrons. The number of nitrogens with one attached hydrogen (secondary N) is 2. The van der Waals surface area contributed by atoms with Gasteiger partial charge in [0.25, 0.3) is 0 Å². The van der Waals surface area contributed by atoms with Gasteiger partial charge in [-0.1, -0.05) is 66.7 Å². The average molecular weight is 435 g/mol. The molecular formula is C30H18N4. The molecule has 2 heterocycles. The molecule has 0 bridgehead atoms. The number of H-pyrrole nitrogens is 2. The molecule has 0 fully saturated rings. The van der Waals surface area contributed by atoms with Crippen molar-refractivity contribution in [2.45, 2.75) is 0 Å². The smallest absolute Gasteiger partial charge is 0.139 e. The molecule has 4 nitrogen and oxygen atoms in total. The number of aromatic amines is 2. The van der Waals surface area contributed by atoms with E-state index in [1.807, 2.05) is 36.4 Å². The van der Waals surface area contributed by atoms with E-state index < -0.39 is 0 Å². The zero-order valence-corrected chi connectivity index (χ0v) is 18.1. The van der Waals surface area contributed by atoms with E-state index >= 15 is 0 Å². The molecule has 0 aliphatic rings. The molecule has 0 radical (unpaired) electrons. The van der Waals surface area contributed by atoms with Crippen LogP contribution in [0.5, 0.6) is 0 Å². The Bertz CT molecular complexity index is 1940. The van der Waals surface area contributed by atoms with E-state index in [4.69, 9.17) is 9.97 Å². The zero-order chi connectivity index (χ0) is 22.2. The van der Waals surface area contributed by atoms with Crippen molar-refractivity contribution in [3.63, 3.8) is 0 Å². The van der Waals surface area contributed by atoms with Gasteiger partial charge in [0.05, 0.1) is 22.1 Å². The van der Waals surface area contributed by atoms with E-state index in [9.17, 15) is 0 Å². The fourth-order valence-corrected chi connectivity index (χ4v) is 5.40. The van der Waals surface area contributed by atoms with Gasteiger partial charge in [0.15, 0.2) is 0 Å². The monoisotopic (exact) mass is 434 g/mol. The number of nitrogens with zero attached hydrogens (tertiary/aromatic N) is 2. The molecule has 2 aromatic heterocycles. The minimum absolute atomic E-state index is 0.849. The summed E-state index contributed by atoms with van der Waals surface area (Å²) in [5, 5.41) is 7.45. The highest BCUT2D eigenvalue weighted by Gasteiger charge is 2.21. The van der Waals surface area contributed by atoms with Gasteiger partial charge in [0.1, 0.15) is 11.6 Å². The molecule has 8 aromatic rings. The van der Waals surface area contributed by atoms with Crippen molar-refractivity contribution in [1.29, 1.82) is 0 Å². The van der Waals surface area contributed by atoms with Crippen LogP contribution in [0.3, 0.4) is 0 Å². The van der Waals surface area contributed by atoms with E-state index in [0.29, 0.717) is 0 Å². The molecular weight excluding hydrogens is 416 g/mol. The third-order valence-corrected chi connectivity index (χ3v) is 6.92. The molecule has 0 aliphatic heterocycles. The first-order chi connectivity index (χ1) is 16.8. The SMILES string of the molecule is c1cc2ccc3cc(-c4nc5ccccc5[nH]4)c(-c4nc5ccccc5[nH]4)c4ccc(c1)c2c34. The van der Waals surface area contributed by atoms with Gasteiger partial charge in [0.2, 0.25) is 0 Å². The predicted octanol–water partition coefficient (Wildman–Crippen LogP) is 7.67.